The van der Waals surface area contributed by atoms with Crippen LogP contribution in [0.4, 0.5) is 0 Å². The predicted molar refractivity (Wildman–Crippen MR) is 95.8 cm³/mol. The Hall–Kier alpha value is -1.90. The molecule has 5 nitrogen and oxygen atoms in total. The van der Waals surface area contributed by atoms with Crippen LogP contribution in [0.1, 0.15) is 43.2 Å². The zero-order chi connectivity index (χ0) is 17.5. The molecule has 1 aromatic carbocycles. The molecular weight excluding hydrogens is 314 g/mol. The van der Waals surface area contributed by atoms with Gasteiger partial charge >= 0.3 is 0 Å². The average Bonchev–Trinajstić information content (AvgIpc) is 2.68. The fourth-order valence-corrected chi connectivity index (χ4v) is 3.74. The van der Waals surface area contributed by atoms with Gasteiger partial charge in [0.1, 0.15) is 6.04 Å². The Labute approximate surface area is 150 Å². The highest BCUT2D eigenvalue weighted by Gasteiger charge is 2.29. The number of carbonyl (C=O) groups excluding carboxylic acids is 1. The number of nitrogens with zero attached hydrogens (tertiary/aromatic N) is 2. The number of nitriles is 1. The maximum atomic E-state index is 12.7. The second-order valence-corrected chi connectivity index (χ2v) is 7.12. The molecule has 0 radical (unpaired) electrons. The molecule has 0 bridgehead atoms. The van der Waals surface area contributed by atoms with Crippen LogP contribution < -0.4 is 5.32 Å². The minimum absolute atomic E-state index is 0.0823. The van der Waals surface area contributed by atoms with Gasteiger partial charge in [-0.3, -0.25) is 9.69 Å². The van der Waals surface area contributed by atoms with Gasteiger partial charge in [-0.15, -0.1) is 0 Å². The predicted octanol–water partition coefficient (Wildman–Crippen LogP) is 2.46. The first-order valence-electron chi connectivity index (χ1n) is 9.35. The number of hydrogen-bond acceptors (Lipinski definition) is 4. The summed E-state index contributed by atoms with van der Waals surface area (Å²) in [5.41, 5.74) is 1.78. The Balaban J connectivity index is 1.55. The first-order chi connectivity index (χ1) is 12.3. The number of nitrogens with one attached hydrogen (secondary N) is 1. The summed E-state index contributed by atoms with van der Waals surface area (Å²) < 4.78 is 5.55. The molecule has 1 amide bonds. The lowest BCUT2D eigenvalue weighted by Gasteiger charge is -2.35. The summed E-state index contributed by atoms with van der Waals surface area (Å²) >= 11 is 0. The number of rotatable bonds is 5. The van der Waals surface area contributed by atoms with Crippen molar-refractivity contribution in [2.24, 2.45) is 5.92 Å². The van der Waals surface area contributed by atoms with Crippen LogP contribution in [0.2, 0.25) is 0 Å². The van der Waals surface area contributed by atoms with Crippen LogP contribution in [0, 0.1) is 17.2 Å². The van der Waals surface area contributed by atoms with Crippen LogP contribution >= 0.6 is 0 Å². The summed E-state index contributed by atoms with van der Waals surface area (Å²) in [6.07, 6.45) is 6.38. The van der Waals surface area contributed by atoms with Crippen molar-refractivity contribution in [2.45, 2.75) is 44.7 Å². The monoisotopic (exact) mass is 341 g/mol. The third kappa shape index (κ3) is 5.04. The maximum absolute atomic E-state index is 12.7. The smallest absolute Gasteiger partial charge is 0.239 e. The molecule has 0 unspecified atom stereocenters. The van der Waals surface area contributed by atoms with Gasteiger partial charge in [0.15, 0.2) is 0 Å². The van der Waals surface area contributed by atoms with Crippen molar-refractivity contribution in [3.05, 3.63) is 35.4 Å². The highest BCUT2D eigenvalue weighted by atomic mass is 16.5. The Morgan fingerprint density at radius 3 is 2.72 bits per heavy atom. The first-order valence-corrected chi connectivity index (χ1v) is 9.35. The molecule has 1 N–H and O–H groups in total. The van der Waals surface area contributed by atoms with E-state index in [1.54, 1.807) is 0 Å². The van der Waals surface area contributed by atoms with Gasteiger partial charge in [-0.25, -0.2) is 0 Å². The summed E-state index contributed by atoms with van der Waals surface area (Å²) in [4.78, 5) is 14.8. The SMILES string of the molecule is N#Cc1ccc(CN2CCOC[C@@H]2C(=O)NCC2CCCCC2)cc1. The lowest BCUT2D eigenvalue weighted by atomic mass is 9.89. The van der Waals surface area contributed by atoms with Crippen LogP contribution in [0.15, 0.2) is 24.3 Å². The number of carbonyl (C=O) groups is 1. The lowest BCUT2D eigenvalue weighted by Crippen LogP contribution is -2.53. The summed E-state index contributed by atoms with van der Waals surface area (Å²) in [5.74, 6) is 0.716. The van der Waals surface area contributed by atoms with Crippen molar-refractivity contribution >= 4 is 5.91 Å². The third-order valence-electron chi connectivity index (χ3n) is 5.30. The lowest BCUT2D eigenvalue weighted by molar-refractivity contribution is -0.133. The normalized spacial score (nSPS) is 22.3. The van der Waals surface area contributed by atoms with Gasteiger partial charge < -0.3 is 10.1 Å². The highest BCUT2D eigenvalue weighted by molar-refractivity contribution is 5.82. The summed E-state index contributed by atoms with van der Waals surface area (Å²) in [7, 11) is 0. The number of ether oxygens (including phenoxy) is 1. The van der Waals surface area contributed by atoms with E-state index in [4.69, 9.17) is 10.00 Å². The molecule has 1 aromatic rings. The van der Waals surface area contributed by atoms with Gasteiger partial charge in [0.2, 0.25) is 5.91 Å². The molecule has 2 fully saturated rings. The van der Waals surface area contributed by atoms with Gasteiger partial charge in [0.05, 0.1) is 24.8 Å². The zero-order valence-corrected chi connectivity index (χ0v) is 14.7. The van der Waals surface area contributed by atoms with E-state index in [-0.39, 0.29) is 11.9 Å². The Kier molecular flexibility index (Phi) is 6.43. The van der Waals surface area contributed by atoms with E-state index in [0.29, 0.717) is 31.2 Å². The van der Waals surface area contributed by atoms with E-state index in [2.05, 4.69) is 16.3 Å². The number of morpholine rings is 1. The van der Waals surface area contributed by atoms with E-state index in [1.807, 2.05) is 24.3 Å². The third-order valence-corrected chi connectivity index (χ3v) is 5.30. The molecule has 1 saturated carbocycles. The molecule has 1 aliphatic heterocycles. The standard InChI is InChI=1S/C20H27N3O2/c21-12-16-6-8-18(9-7-16)14-23-10-11-25-15-19(23)20(24)22-13-17-4-2-1-3-5-17/h6-9,17,19H,1-5,10-11,13-15H2,(H,22,24)/t19-/m1/s1. The van der Waals surface area contributed by atoms with E-state index < -0.39 is 0 Å². The molecule has 134 valence electrons. The average molecular weight is 341 g/mol. The molecule has 25 heavy (non-hydrogen) atoms. The number of benzene rings is 1. The van der Waals surface area contributed by atoms with Crippen molar-refractivity contribution in [3.63, 3.8) is 0 Å². The molecule has 3 rings (SSSR count). The second kappa shape index (κ2) is 8.98. The largest absolute Gasteiger partial charge is 0.378 e. The summed E-state index contributed by atoms with van der Waals surface area (Å²) in [6, 6.07) is 9.49. The van der Waals surface area contributed by atoms with Gasteiger partial charge in [-0.2, -0.15) is 5.26 Å². The molecule has 5 heteroatoms. The van der Waals surface area contributed by atoms with E-state index in [0.717, 1.165) is 18.7 Å². The molecular formula is C20H27N3O2. The summed E-state index contributed by atoms with van der Waals surface area (Å²) in [6.45, 7) is 3.35. The van der Waals surface area contributed by atoms with Crippen molar-refractivity contribution in [3.8, 4) is 6.07 Å². The second-order valence-electron chi connectivity index (χ2n) is 7.12. The molecule has 0 aromatic heterocycles. The molecule has 0 spiro atoms. The quantitative estimate of drug-likeness (QED) is 0.893. The van der Waals surface area contributed by atoms with Crippen LogP contribution in [-0.2, 0) is 16.1 Å². The Morgan fingerprint density at radius 1 is 1.24 bits per heavy atom. The fourth-order valence-electron chi connectivity index (χ4n) is 3.74. The summed E-state index contributed by atoms with van der Waals surface area (Å²) in [5, 5.41) is 12.1. The van der Waals surface area contributed by atoms with Crippen LogP contribution in [0.25, 0.3) is 0 Å². The van der Waals surface area contributed by atoms with Gasteiger partial charge in [0, 0.05) is 19.6 Å². The van der Waals surface area contributed by atoms with Gasteiger partial charge in [-0.1, -0.05) is 31.4 Å². The van der Waals surface area contributed by atoms with Gasteiger partial charge in [0.25, 0.3) is 0 Å². The van der Waals surface area contributed by atoms with Crippen LogP contribution in [0.3, 0.4) is 0 Å². The van der Waals surface area contributed by atoms with Crippen molar-refractivity contribution in [1.29, 1.82) is 5.26 Å². The van der Waals surface area contributed by atoms with E-state index in [1.165, 1.54) is 32.1 Å². The maximum Gasteiger partial charge on any atom is 0.239 e. The molecule has 1 saturated heterocycles. The van der Waals surface area contributed by atoms with Crippen LogP contribution in [-0.4, -0.2) is 43.2 Å². The zero-order valence-electron chi connectivity index (χ0n) is 14.7. The minimum Gasteiger partial charge on any atom is -0.378 e. The number of amides is 1. The number of hydrogen-bond donors (Lipinski definition) is 1. The Bertz CT molecular complexity index is 602. The molecule has 1 atom stereocenters. The topological polar surface area (TPSA) is 65.4 Å². The van der Waals surface area contributed by atoms with Crippen molar-refractivity contribution in [1.82, 2.24) is 10.2 Å². The fraction of sp³-hybridized carbons (Fsp3) is 0.600. The molecule has 1 aliphatic carbocycles. The first kappa shape index (κ1) is 17.9. The Morgan fingerprint density at radius 2 is 2.00 bits per heavy atom. The van der Waals surface area contributed by atoms with Crippen molar-refractivity contribution < 1.29 is 9.53 Å². The highest BCUT2D eigenvalue weighted by Crippen LogP contribution is 2.23. The van der Waals surface area contributed by atoms with Crippen molar-refractivity contribution in [2.75, 3.05) is 26.3 Å². The van der Waals surface area contributed by atoms with Crippen LogP contribution in [0.5, 0.6) is 0 Å². The van der Waals surface area contributed by atoms with E-state index in [9.17, 15) is 4.79 Å². The molecule has 2 aliphatic rings. The molecule has 1 heterocycles. The van der Waals surface area contributed by atoms with Gasteiger partial charge in [-0.05, 0) is 36.5 Å². The minimum atomic E-state index is -0.229. The van der Waals surface area contributed by atoms with E-state index >= 15 is 0 Å².